The van der Waals surface area contributed by atoms with Gasteiger partial charge in [0.25, 0.3) is 0 Å². The fraction of sp³-hybridized carbons (Fsp3) is 0.214. The highest BCUT2D eigenvalue weighted by molar-refractivity contribution is 5.94. The van der Waals surface area contributed by atoms with Crippen molar-refractivity contribution >= 4 is 23.6 Å². The average molecular weight is 459 g/mol. The van der Waals surface area contributed by atoms with Gasteiger partial charge in [-0.2, -0.15) is 0 Å². The van der Waals surface area contributed by atoms with Gasteiger partial charge in [-0.05, 0) is 54.3 Å². The Balaban J connectivity index is 1.25. The van der Waals surface area contributed by atoms with Crippen LogP contribution in [0, 0.1) is 11.7 Å². The Kier molecular flexibility index (Phi) is 7.71. The van der Waals surface area contributed by atoms with Gasteiger partial charge in [0, 0.05) is 36.8 Å². The highest BCUT2D eigenvalue weighted by Crippen LogP contribution is 2.21. The van der Waals surface area contributed by atoms with E-state index in [1.165, 1.54) is 12.1 Å². The number of benzene rings is 3. The number of piperidine rings is 1. The van der Waals surface area contributed by atoms with E-state index in [4.69, 9.17) is 4.74 Å². The molecule has 1 heterocycles. The molecule has 4 rings (SSSR count). The van der Waals surface area contributed by atoms with Crippen LogP contribution in [0.25, 0.3) is 6.08 Å². The zero-order chi connectivity index (χ0) is 23.8. The summed E-state index contributed by atoms with van der Waals surface area (Å²) < 4.78 is 18.9. The van der Waals surface area contributed by atoms with E-state index in [1.54, 1.807) is 23.1 Å². The topological polar surface area (TPSA) is 58.6 Å². The van der Waals surface area contributed by atoms with Crippen LogP contribution in [0.3, 0.4) is 0 Å². The predicted molar refractivity (Wildman–Crippen MR) is 131 cm³/mol. The van der Waals surface area contributed by atoms with E-state index in [0.717, 1.165) is 11.1 Å². The highest BCUT2D eigenvalue weighted by Gasteiger charge is 2.26. The molecule has 3 aromatic carbocycles. The Morgan fingerprint density at radius 3 is 2.50 bits per heavy atom. The van der Waals surface area contributed by atoms with Crippen molar-refractivity contribution in [1.29, 1.82) is 0 Å². The first-order valence-corrected chi connectivity index (χ1v) is 11.4. The monoisotopic (exact) mass is 458 g/mol. The molecule has 0 radical (unpaired) electrons. The molecule has 1 aliphatic rings. The van der Waals surface area contributed by atoms with Crippen molar-refractivity contribution in [2.45, 2.75) is 19.4 Å². The molecule has 5 nitrogen and oxygen atoms in total. The lowest BCUT2D eigenvalue weighted by molar-refractivity contribution is -0.130. The van der Waals surface area contributed by atoms with Crippen molar-refractivity contribution in [3.63, 3.8) is 0 Å². The summed E-state index contributed by atoms with van der Waals surface area (Å²) in [6, 6.07) is 23.1. The number of amides is 2. The molecule has 0 spiro atoms. The number of halogens is 1. The third-order valence-corrected chi connectivity index (χ3v) is 5.79. The molecular formula is C28H27FN2O3. The lowest BCUT2D eigenvalue weighted by Gasteiger charge is -2.30. The molecule has 0 saturated carbocycles. The molecule has 0 aromatic heterocycles. The third kappa shape index (κ3) is 6.54. The lowest BCUT2D eigenvalue weighted by atomic mass is 9.95. The van der Waals surface area contributed by atoms with Gasteiger partial charge in [0.05, 0.1) is 0 Å². The Labute approximate surface area is 198 Å². The maximum atomic E-state index is 13.3. The average Bonchev–Trinajstić information content (AvgIpc) is 2.87. The van der Waals surface area contributed by atoms with Crippen LogP contribution in [0.15, 0.2) is 84.9 Å². The first kappa shape index (κ1) is 23.2. The Morgan fingerprint density at radius 1 is 0.971 bits per heavy atom. The molecule has 6 heteroatoms. The molecule has 1 aliphatic heterocycles. The number of nitrogens with zero attached hydrogens (tertiary/aromatic N) is 1. The van der Waals surface area contributed by atoms with E-state index in [9.17, 15) is 14.0 Å². The van der Waals surface area contributed by atoms with Gasteiger partial charge in [-0.15, -0.1) is 0 Å². The summed E-state index contributed by atoms with van der Waals surface area (Å²) in [6.45, 7) is 1.37. The number of anilines is 1. The highest BCUT2D eigenvalue weighted by atomic mass is 19.1. The smallest absolute Gasteiger partial charge is 0.246 e. The summed E-state index contributed by atoms with van der Waals surface area (Å²) in [7, 11) is 0. The quantitative estimate of drug-likeness (QED) is 0.489. The summed E-state index contributed by atoms with van der Waals surface area (Å²) >= 11 is 0. The number of carbonyl (C=O) groups excluding carboxylic acids is 2. The second-order valence-corrected chi connectivity index (χ2v) is 8.28. The van der Waals surface area contributed by atoms with Crippen molar-refractivity contribution in [2.24, 2.45) is 5.92 Å². The Morgan fingerprint density at radius 2 is 1.74 bits per heavy atom. The van der Waals surface area contributed by atoms with Crippen molar-refractivity contribution in [3.8, 4) is 5.75 Å². The fourth-order valence-corrected chi connectivity index (χ4v) is 3.91. The molecule has 1 fully saturated rings. The van der Waals surface area contributed by atoms with Crippen LogP contribution in [0.1, 0.15) is 24.0 Å². The molecule has 2 amide bonds. The van der Waals surface area contributed by atoms with Crippen LogP contribution in [0.5, 0.6) is 5.75 Å². The second-order valence-electron chi connectivity index (χ2n) is 8.28. The molecule has 0 atom stereocenters. The van der Waals surface area contributed by atoms with Gasteiger partial charge in [0.1, 0.15) is 18.2 Å². The minimum absolute atomic E-state index is 0.0336. The predicted octanol–water partition coefficient (Wildman–Crippen LogP) is 5.30. The largest absolute Gasteiger partial charge is 0.489 e. The first-order chi connectivity index (χ1) is 16.6. The molecule has 34 heavy (non-hydrogen) atoms. The molecule has 0 aliphatic carbocycles. The van der Waals surface area contributed by atoms with Crippen molar-refractivity contribution in [1.82, 2.24) is 4.90 Å². The minimum atomic E-state index is -0.349. The summed E-state index contributed by atoms with van der Waals surface area (Å²) in [5, 5.41) is 2.98. The Hall–Kier alpha value is -3.93. The van der Waals surface area contributed by atoms with Gasteiger partial charge in [-0.3, -0.25) is 9.59 Å². The first-order valence-electron chi connectivity index (χ1n) is 11.4. The summed E-state index contributed by atoms with van der Waals surface area (Å²) in [4.78, 5) is 27.0. The number of carbonyl (C=O) groups is 2. The van der Waals surface area contributed by atoms with Crippen molar-refractivity contribution in [3.05, 3.63) is 102 Å². The number of rotatable bonds is 7. The maximum Gasteiger partial charge on any atom is 0.246 e. The van der Waals surface area contributed by atoms with Crippen molar-refractivity contribution < 1.29 is 18.7 Å². The van der Waals surface area contributed by atoms with E-state index in [0.29, 0.717) is 37.4 Å². The molecule has 0 unspecified atom stereocenters. The number of hydrogen-bond donors (Lipinski definition) is 1. The molecule has 0 bridgehead atoms. The maximum absolute atomic E-state index is 13.3. The molecular weight excluding hydrogens is 431 g/mol. The summed E-state index contributed by atoms with van der Waals surface area (Å²) in [5.41, 5.74) is 2.54. The molecule has 1 N–H and O–H groups in total. The van der Waals surface area contributed by atoms with E-state index in [2.05, 4.69) is 5.32 Å². The van der Waals surface area contributed by atoms with Gasteiger partial charge in [-0.1, -0.05) is 48.5 Å². The molecule has 3 aromatic rings. The number of hydrogen-bond acceptors (Lipinski definition) is 3. The van der Waals surface area contributed by atoms with Crippen LogP contribution in [-0.4, -0.2) is 29.8 Å². The zero-order valence-electron chi connectivity index (χ0n) is 18.8. The fourth-order valence-electron chi connectivity index (χ4n) is 3.91. The number of ether oxygens (including phenoxy) is 1. The van der Waals surface area contributed by atoms with Crippen LogP contribution in [-0.2, 0) is 16.2 Å². The number of likely N-dealkylation sites (tertiary alicyclic amines) is 1. The summed E-state index contributed by atoms with van der Waals surface area (Å²) in [5.74, 6) is -0.119. The zero-order valence-corrected chi connectivity index (χ0v) is 18.8. The minimum Gasteiger partial charge on any atom is -0.489 e. The second kappa shape index (κ2) is 11.3. The van der Waals surface area contributed by atoms with Crippen LogP contribution in [0.4, 0.5) is 10.1 Å². The Bertz CT molecular complexity index is 1160. The van der Waals surface area contributed by atoms with E-state index in [-0.39, 0.29) is 30.2 Å². The van der Waals surface area contributed by atoms with Gasteiger partial charge < -0.3 is 15.0 Å². The SMILES string of the molecule is O=C(Nc1cccc(COc2cccc(F)c2)c1)C1CCN(C(=O)/C=C/c2ccccc2)CC1. The van der Waals surface area contributed by atoms with Gasteiger partial charge in [-0.25, -0.2) is 4.39 Å². The third-order valence-electron chi connectivity index (χ3n) is 5.79. The van der Waals surface area contributed by atoms with Crippen LogP contribution < -0.4 is 10.1 Å². The summed E-state index contributed by atoms with van der Waals surface area (Å²) in [6.07, 6.45) is 4.65. The van der Waals surface area contributed by atoms with E-state index < -0.39 is 0 Å². The van der Waals surface area contributed by atoms with Crippen molar-refractivity contribution in [2.75, 3.05) is 18.4 Å². The van der Waals surface area contributed by atoms with Crippen LogP contribution in [0.2, 0.25) is 0 Å². The van der Waals surface area contributed by atoms with Crippen LogP contribution >= 0.6 is 0 Å². The van der Waals surface area contributed by atoms with E-state index in [1.807, 2.05) is 60.7 Å². The lowest BCUT2D eigenvalue weighted by Crippen LogP contribution is -2.40. The van der Waals surface area contributed by atoms with Gasteiger partial charge in [0.2, 0.25) is 11.8 Å². The van der Waals surface area contributed by atoms with Gasteiger partial charge >= 0.3 is 0 Å². The molecule has 1 saturated heterocycles. The normalized spacial score (nSPS) is 14.2. The molecule has 174 valence electrons. The standard InChI is InChI=1S/C28H27FN2O3/c29-24-9-5-11-26(19-24)34-20-22-8-4-10-25(18-22)30-28(33)23-14-16-31(17-15-23)27(32)13-12-21-6-2-1-3-7-21/h1-13,18-19,23H,14-17,20H2,(H,30,33)/b13-12+. The van der Waals surface area contributed by atoms with Gasteiger partial charge in [0.15, 0.2) is 0 Å². The number of nitrogens with one attached hydrogen (secondary N) is 1. The van der Waals surface area contributed by atoms with E-state index >= 15 is 0 Å².